The van der Waals surface area contributed by atoms with Crippen LogP contribution in [-0.4, -0.2) is 40.4 Å². The van der Waals surface area contributed by atoms with Crippen molar-refractivity contribution in [3.63, 3.8) is 0 Å². The Kier molecular flexibility index (Phi) is 4.18. The molecule has 3 rings (SSSR count). The number of hydrogen-bond acceptors (Lipinski definition) is 6. The number of rotatable bonds is 5. The molecule has 1 aromatic carbocycles. The number of benzene rings is 1. The number of aromatic carboxylic acids is 1. The van der Waals surface area contributed by atoms with Crippen LogP contribution in [-0.2, 0) is 0 Å². The molecule has 0 aliphatic rings. The van der Waals surface area contributed by atoms with E-state index in [1.807, 2.05) is 0 Å². The van der Waals surface area contributed by atoms with Gasteiger partial charge in [-0.3, -0.25) is 0 Å². The zero-order valence-corrected chi connectivity index (χ0v) is 14.2. The number of carboxylic acids is 1. The van der Waals surface area contributed by atoms with Crippen LogP contribution in [0.5, 0.6) is 11.5 Å². The minimum absolute atomic E-state index is 0.125. The zero-order chi connectivity index (χ0) is 18.1. The summed E-state index contributed by atoms with van der Waals surface area (Å²) in [5, 5.41) is 13.4. The molecule has 0 amide bonds. The van der Waals surface area contributed by atoms with E-state index in [-0.39, 0.29) is 11.5 Å². The Hall–Kier alpha value is -3.29. The summed E-state index contributed by atoms with van der Waals surface area (Å²) in [7, 11) is 3.09. The van der Waals surface area contributed by atoms with Crippen molar-refractivity contribution in [2.24, 2.45) is 0 Å². The Labute approximate surface area is 143 Å². The van der Waals surface area contributed by atoms with Crippen molar-refractivity contribution in [1.82, 2.24) is 15.1 Å². The highest BCUT2D eigenvalue weighted by molar-refractivity contribution is 5.97. The standard InChI is InChI=1S/C17H17N3O5/c1-8-13(14(17(21)22)9(2)18-8)16-19-15(20-25-16)10-5-6-11(23-3)12(7-10)24-4/h5-7,18H,1-4H3,(H,21,22). The topological polar surface area (TPSA) is 110 Å². The first-order valence-electron chi connectivity index (χ1n) is 7.45. The van der Waals surface area contributed by atoms with Crippen LogP contribution in [0.2, 0.25) is 0 Å². The number of nitrogens with zero attached hydrogens (tertiary/aromatic N) is 2. The fourth-order valence-corrected chi connectivity index (χ4v) is 2.73. The van der Waals surface area contributed by atoms with E-state index < -0.39 is 5.97 Å². The van der Waals surface area contributed by atoms with Gasteiger partial charge in [0.15, 0.2) is 11.5 Å². The minimum Gasteiger partial charge on any atom is -0.493 e. The van der Waals surface area contributed by atoms with Gasteiger partial charge in [-0.2, -0.15) is 4.98 Å². The molecule has 2 N–H and O–H groups in total. The molecule has 3 aromatic rings. The van der Waals surface area contributed by atoms with Crippen molar-refractivity contribution in [3.8, 4) is 34.3 Å². The van der Waals surface area contributed by atoms with Crippen LogP contribution in [0.1, 0.15) is 21.7 Å². The van der Waals surface area contributed by atoms with Crippen LogP contribution >= 0.6 is 0 Å². The van der Waals surface area contributed by atoms with Gasteiger partial charge in [-0.15, -0.1) is 0 Å². The normalized spacial score (nSPS) is 10.7. The first-order chi connectivity index (χ1) is 12.0. The van der Waals surface area contributed by atoms with Crippen LogP contribution in [0.3, 0.4) is 0 Å². The number of hydrogen-bond donors (Lipinski definition) is 2. The van der Waals surface area contributed by atoms with E-state index in [0.717, 1.165) is 0 Å². The molecule has 0 radical (unpaired) electrons. The average molecular weight is 343 g/mol. The molecule has 2 aromatic heterocycles. The van der Waals surface area contributed by atoms with Crippen molar-refractivity contribution in [1.29, 1.82) is 0 Å². The smallest absolute Gasteiger partial charge is 0.338 e. The second-order valence-electron chi connectivity index (χ2n) is 5.42. The number of nitrogens with one attached hydrogen (secondary N) is 1. The van der Waals surface area contributed by atoms with E-state index in [1.54, 1.807) is 39.2 Å². The predicted octanol–water partition coefficient (Wildman–Crippen LogP) is 3.06. The molecular formula is C17H17N3O5. The Morgan fingerprint density at radius 2 is 1.88 bits per heavy atom. The molecule has 8 nitrogen and oxygen atoms in total. The molecule has 0 fully saturated rings. The minimum atomic E-state index is -1.05. The molecule has 0 aliphatic heterocycles. The third kappa shape index (κ3) is 2.82. The maximum absolute atomic E-state index is 11.5. The molecule has 0 saturated heterocycles. The van der Waals surface area contributed by atoms with Gasteiger partial charge < -0.3 is 24.1 Å². The maximum Gasteiger partial charge on any atom is 0.338 e. The van der Waals surface area contributed by atoms with Crippen LogP contribution in [0, 0.1) is 13.8 Å². The lowest BCUT2D eigenvalue weighted by Crippen LogP contribution is -1.99. The number of H-pyrrole nitrogens is 1. The van der Waals surface area contributed by atoms with Crippen molar-refractivity contribution in [2.45, 2.75) is 13.8 Å². The number of ether oxygens (including phenoxy) is 2. The van der Waals surface area contributed by atoms with Gasteiger partial charge in [0.1, 0.15) is 0 Å². The van der Waals surface area contributed by atoms with E-state index >= 15 is 0 Å². The van der Waals surface area contributed by atoms with E-state index in [4.69, 9.17) is 14.0 Å². The molecule has 25 heavy (non-hydrogen) atoms. The van der Waals surface area contributed by atoms with Gasteiger partial charge in [0.05, 0.1) is 25.3 Å². The summed E-state index contributed by atoms with van der Waals surface area (Å²) in [4.78, 5) is 18.9. The van der Waals surface area contributed by atoms with Crippen molar-refractivity contribution >= 4 is 5.97 Å². The number of aromatic amines is 1. The Morgan fingerprint density at radius 3 is 2.52 bits per heavy atom. The lowest BCUT2D eigenvalue weighted by molar-refractivity contribution is 0.0696. The Balaban J connectivity index is 2.06. The molecule has 0 atom stereocenters. The SMILES string of the molecule is COc1ccc(-c2noc(-c3c(C)[nH]c(C)c3C(=O)O)n2)cc1OC. The lowest BCUT2D eigenvalue weighted by Gasteiger charge is -2.07. The molecule has 0 bridgehead atoms. The lowest BCUT2D eigenvalue weighted by atomic mass is 10.1. The first kappa shape index (κ1) is 16.6. The van der Waals surface area contributed by atoms with Gasteiger partial charge in [-0.05, 0) is 32.0 Å². The highest BCUT2D eigenvalue weighted by atomic mass is 16.5. The predicted molar refractivity (Wildman–Crippen MR) is 89.1 cm³/mol. The summed E-state index contributed by atoms with van der Waals surface area (Å²) >= 11 is 0. The largest absolute Gasteiger partial charge is 0.493 e. The zero-order valence-electron chi connectivity index (χ0n) is 14.2. The second-order valence-corrected chi connectivity index (χ2v) is 5.42. The van der Waals surface area contributed by atoms with Crippen LogP contribution in [0.15, 0.2) is 22.7 Å². The van der Waals surface area contributed by atoms with Crippen molar-refractivity contribution in [2.75, 3.05) is 14.2 Å². The van der Waals surface area contributed by atoms with Crippen molar-refractivity contribution < 1.29 is 23.9 Å². The van der Waals surface area contributed by atoms with E-state index in [0.29, 0.717) is 39.8 Å². The summed E-state index contributed by atoms with van der Waals surface area (Å²) in [6.45, 7) is 3.45. The maximum atomic E-state index is 11.5. The number of carboxylic acid groups (broad SMARTS) is 1. The van der Waals surface area contributed by atoms with E-state index in [1.165, 1.54) is 7.11 Å². The fraction of sp³-hybridized carbons (Fsp3) is 0.235. The van der Waals surface area contributed by atoms with Gasteiger partial charge >= 0.3 is 5.97 Å². The van der Waals surface area contributed by atoms with Crippen LogP contribution in [0.25, 0.3) is 22.8 Å². The van der Waals surface area contributed by atoms with Gasteiger partial charge in [0.25, 0.3) is 5.89 Å². The van der Waals surface area contributed by atoms with E-state index in [2.05, 4.69) is 15.1 Å². The fourth-order valence-electron chi connectivity index (χ4n) is 2.73. The Bertz CT molecular complexity index is 942. The molecule has 8 heteroatoms. The van der Waals surface area contributed by atoms with Gasteiger partial charge in [0.2, 0.25) is 5.82 Å². The molecule has 2 heterocycles. The number of aromatic nitrogens is 3. The highest BCUT2D eigenvalue weighted by Crippen LogP contribution is 2.33. The number of methoxy groups -OCH3 is 2. The third-order valence-electron chi connectivity index (χ3n) is 3.87. The number of aryl methyl sites for hydroxylation is 2. The molecule has 130 valence electrons. The average Bonchev–Trinajstić information content (AvgIpc) is 3.18. The third-order valence-corrected chi connectivity index (χ3v) is 3.87. The summed E-state index contributed by atoms with van der Waals surface area (Å²) in [5.74, 6) is 0.531. The monoisotopic (exact) mass is 343 g/mol. The van der Waals surface area contributed by atoms with Crippen LogP contribution < -0.4 is 9.47 Å². The van der Waals surface area contributed by atoms with Crippen molar-refractivity contribution in [3.05, 3.63) is 35.2 Å². The Morgan fingerprint density at radius 1 is 1.16 bits per heavy atom. The molecule has 0 unspecified atom stereocenters. The second kappa shape index (κ2) is 6.31. The highest BCUT2D eigenvalue weighted by Gasteiger charge is 2.24. The molecule has 0 aliphatic carbocycles. The quantitative estimate of drug-likeness (QED) is 0.732. The van der Waals surface area contributed by atoms with Crippen LogP contribution in [0.4, 0.5) is 0 Å². The first-order valence-corrected chi connectivity index (χ1v) is 7.45. The van der Waals surface area contributed by atoms with Gasteiger partial charge in [0, 0.05) is 17.0 Å². The molecule has 0 spiro atoms. The van der Waals surface area contributed by atoms with E-state index in [9.17, 15) is 9.90 Å². The van der Waals surface area contributed by atoms with Gasteiger partial charge in [-0.25, -0.2) is 4.79 Å². The van der Waals surface area contributed by atoms with Gasteiger partial charge in [-0.1, -0.05) is 5.16 Å². The summed E-state index contributed by atoms with van der Waals surface area (Å²) in [5.41, 5.74) is 2.36. The summed E-state index contributed by atoms with van der Waals surface area (Å²) < 4.78 is 15.8. The molecular weight excluding hydrogens is 326 g/mol. The summed E-state index contributed by atoms with van der Waals surface area (Å²) in [6, 6.07) is 5.22. The number of carbonyl (C=O) groups is 1. The summed E-state index contributed by atoms with van der Waals surface area (Å²) in [6.07, 6.45) is 0. The molecule has 0 saturated carbocycles.